The van der Waals surface area contributed by atoms with Crippen LogP contribution in [0.1, 0.15) is 24.5 Å². The molecular weight excluding hydrogens is 324 g/mol. The van der Waals surface area contributed by atoms with Crippen LogP contribution in [0.15, 0.2) is 54.6 Å². The van der Waals surface area contributed by atoms with Gasteiger partial charge >= 0.3 is 0 Å². The fraction of sp³-hybridized carbons (Fsp3) is 0.409. The van der Waals surface area contributed by atoms with Crippen molar-refractivity contribution in [2.24, 2.45) is 0 Å². The number of aryl methyl sites for hydroxylation is 1. The van der Waals surface area contributed by atoms with Gasteiger partial charge < -0.3 is 9.64 Å². The Morgan fingerprint density at radius 3 is 2.31 bits per heavy atom. The van der Waals surface area contributed by atoms with Crippen molar-refractivity contribution in [1.82, 2.24) is 9.80 Å². The Bertz CT molecular complexity index is 709. The SMILES string of the molecule is CCC(Oc1ccccc1C)C(=O)N1CCN(Cc2ccccc2)CC1. The highest BCUT2D eigenvalue weighted by molar-refractivity contribution is 5.81. The summed E-state index contributed by atoms with van der Waals surface area (Å²) < 4.78 is 6.03. The lowest BCUT2D eigenvalue weighted by Gasteiger charge is -2.36. The first-order chi connectivity index (χ1) is 12.7. The molecule has 1 saturated heterocycles. The van der Waals surface area contributed by atoms with E-state index in [1.54, 1.807) is 0 Å². The maximum absolute atomic E-state index is 12.9. The molecule has 0 spiro atoms. The standard InChI is InChI=1S/C22H28N2O2/c1-3-20(26-21-12-8-7-9-18(21)2)22(25)24-15-13-23(14-16-24)17-19-10-5-4-6-11-19/h4-12,20H,3,13-17H2,1-2H3. The van der Waals surface area contributed by atoms with Gasteiger partial charge in [0.1, 0.15) is 5.75 Å². The van der Waals surface area contributed by atoms with Crippen LogP contribution in [-0.2, 0) is 11.3 Å². The van der Waals surface area contributed by atoms with E-state index in [0.29, 0.717) is 6.42 Å². The van der Waals surface area contributed by atoms with Crippen LogP contribution in [0.4, 0.5) is 0 Å². The molecule has 4 nitrogen and oxygen atoms in total. The number of benzene rings is 2. The molecule has 1 amide bonds. The lowest BCUT2D eigenvalue weighted by atomic mass is 10.1. The van der Waals surface area contributed by atoms with Crippen molar-refractivity contribution in [2.45, 2.75) is 32.9 Å². The molecule has 1 aliphatic rings. The average Bonchev–Trinajstić information content (AvgIpc) is 2.68. The summed E-state index contributed by atoms with van der Waals surface area (Å²) in [5.74, 6) is 0.908. The Labute approximate surface area is 156 Å². The molecule has 0 radical (unpaired) electrons. The van der Waals surface area contributed by atoms with Crippen LogP contribution in [0.2, 0.25) is 0 Å². The molecule has 0 aromatic heterocycles. The Kier molecular flexibility index (Phi) is 6.29. The van der Waals surface area contributed by atoms with Crippen molar-refractivity contribution in [3.05, 3.63) is 65.7 Å². The number of carbonyl (C=O) groups is 1. The predicted molar refractivity (Wildman–Crippen MR) is 104 cm³/mol. The number of rotatable bonds is 6. The molecule has 1 unspecified atom stereocenters. The summed E-state index contributed by atoms with van der Waals surface area (Å²) in [7, 11) is 0. The monoisotopic (exact) mass is 352 g/mol. The zero-order valence-electron chi connectivity index (χ0n) is 15.7. The van der Waals surface area contributed by atoms with E-state index in [-0.39, 0.29) is 5.91 Å². The Morgan fingerprint density at radius 1 is 1.00 bits per heavy atom. The normalized spacial score (nSPS) is 16.3. The minimum Gasteiger partial charge on any atom is -0.480 e. The van der Waals surface area contributed by atoms with Gasteiger partial charge in [0.2, 0.25) is 0 Å². The number of piperazine rings is 1. The number of amides is 1. The van der Waals surface area contributed by atoms with Gasteiger partial charge in [-0.25, -0.2) is 0 Å². The van der Waals surface area contributed by atoms with Crippen molar-refractivity contribution in [1.29, 1.82) is 0 Å². The number of para-hydroxylation sites is 1. The van der Waals surface area contributed by atoms with Crippen LogP contribution in [0.3, 0.4) is 0 Å². The number of hydrogen-bond donors (Lipinski definition) is 0. The fourth-order valence-electron chi connectivity index (χ4n) is 3.32. The van der Waals surface area contributed by atoms with E-state index < -0.39 is 6.10 Å². The van der Waals surface area contributed by atoms with Crippen molar-refractivity contribution in [2.75, 3.05) is 26.2 Å². The van der Waals surface area contributed by atoms with Gasteiger partial charge in [-0.1, -0.05) is 55.5 Å². The zero-order chi connectivity index (χ0) is 18.4. The predicted octanol–water partition coefficient (Wildman–Crippen LogP) is 3.50. The molecule has 2 aromatic rings. The van der Waals surface area contributed by atoms with Gasteiger partial charge in [0.25, 0.3) is 5.91 Å². The maximum atomic E-state index is 12.9. The van der Waals surface area contributed by atoms with Gasteiger partial charge in [-0.05, 0) is 30.5 Å². The van der Waals surface area contributed by atoms with E-state index in [2.05, 4.69) is 29.2 Å². The molecule has 0 N–H and O–H groups in total. The smallest absolute Gasteiger partial charge is 0.263 e. The number of nitrogens with zero attached hydrogens (tertiary/aromatic N) is 2. The topological polar surface area (TPSA) is 32.8 Å². The molecule has 2 aromatic carbocycles. The molecule has 26 heavy (non-hydrogen) atoms. The van der Waals surface area contributed by atoms with Gasteiger partial charge in [-0.2, -0.15) is 0 Å². The molecule has 0 aliphatic carbocycles. The van der Waals surface area contributed by atoms with E-state index in [1.165, 1.54) is 5.56 Å². The van der Waals surface area contributed by atoms with Crippen LogP contribution >= 0.6 is 0 Å². The second kappa shape index (κ2) is 8.86. The quantitative estimate of drug-likeness (QED) is 0.798. The summed E-state index contributed by atoms with van der Waals surface area (Å²) in [5, 5.41) is 0. The third-order valence-electron chi connectivity index (χ3n) is 4.94. The average molecular weight is 352 g/mol. The van der Waals surface area contributed by atoms with E-state index in [1.807, 2.05) is 49.1 Å². The second-order valence-electron chi connectivity index (χ2n) is 6.87. The minimum absolute atomic E-state index is 0.107. The van der Waals surface area contributed by atoms with Crippen LogP contribution in [0.5, 0.6) is 5.75 Å². The van der Waals surface area contributed by atoms with Crippen molar-refractivity contribution in [3.8, 4) is 5.75 Å². The van der Waals surface area contributed by atoms with Crippen molar-refractivity contribution < 1.29 is 9.53 Å². The largest absolute Gasteiger partial charge is 0.480 e. The third kappa shape index (κ3) is 4.64. The van der Waals surface area contributed by atoms with Gasteiger partial charge in [-0.3, -0.25) is 9.69 Å². The lowest BCUT2D eigenvalue weighted by molar-refractivity contribution is -0.140. The van der Waals surface area contributed by atoms with Gasteiger partial charge in [0.05, 0.1) is 0 Å². The van der Waals surface area contributed by atoms with Crippen molar-refractivity contribution >= 4 is 5.91 Å². The minimum atomic E-state index is -0.406. The molecule has 0 saturated carbocycles. The summed E-state index contributed by atoms with van der Waals surface area (Å²) in [6.07, 6.45) is 0.272. The van der Waals surface area contributed by atoms with Crippen LogP contribution in [0.25, 0.3) is 0 Å². The van der Waals surface area contributed by atoms with Crippen LogP contribution < -0.4 is 4.74 Å². The molecule has 1 aliphatic heterocycles. The van der Waals surface area contributed by atoms with Gasteiger partial charge in [-0.15, -0.1) is 0 Å². The summed E-state index contributed by atoms with van der Waals surface area (Å²) in [6.45, 7) is 8.29. The van der Waals surface area contributed by atoms with E-state index >= 15 is 0 Å². The summed E-state index contributed by atoms with van der Waals surface area (Å²) in [5.41, 5.74) is 2.38. The first-order valence-corrected chi connectivity index (χ1v) is 9.44. The summed E-state index contributed by atoms with van der Waals surface area (Å²) >= 11 is 0. The highest BCUT2D eigenvalue weighted by Crippen LogP contribution is 2.20. The molecule has 3 rings (SSSR count). The molecule has 1 heterocycles. The molecule has 4 heteroatoms. The maximum Gasteiger partial charge on any atom is 0.263 e. The number of hydrogen-bond acceptors (Lipinski definition) is 3. The molecule has 1 fully saturated rings. The van der Waals surface area contributed by atoms with E-state index in [4.69, 9.17) is 4.74 Å². The highest BCUT2D eigenvalue weighted by Gasteiger charge is 2.28. The number of carbonyl (C=O) groups excluding carboxylic acids is 1. The molecule has 1 atom stereocenters. The summed E-state index contributed by atoms with van der Waals surface area (Å²) in [6, 6.07) is 18.4. The van der Waals surface area contributed by atoms with Crippen LogP contribution in [0, 0.1) is 6.92 Å². The molecule has 138 valence electrons. The number of ether oxygens (including phenoxy) is 1. The lowest BCUT2D eigenvalue weighted by Crippen LogP contribution is -2.52. The third-order valence-corrected chi connectivity index (χ3v) is 4.94. The Balaban J connectivity index is 1.54. The molecular formula is C22H28N2O2. The zero-order valence-corrected chi connectivity index (χ0v) is 15.7. The first-order valence-electron chi connectivity index (χ1n) is 9.44. The second-order valence-corrected chi connectivity index (χ2v) is 6.87. The van der Waals surface area contributed by atoms with Gasteiger partial charge in [0, 0.05) is 32.7 Å². The Hall–Kier alpha value is -2.33. The highest BCUT2D eigenvalue weighted by atomic mass is 16.5. The Morgan fingerprint density at radius 2 is 1.65 bits per heavy atom. The van der Waals surface area contributed by atoms with E-state index in [0.717, 1.165) is 44.0 Å². The van der Waals surface area contributed by atoms with E-state index in [9.17, 15) is 4.79 Å². The van der Waals surface area contributed by atoms with Crippen LogP contribution in [-0.4, -0.2) is 48.0 Å². The first kappa shape index (κ1) is 18.5. The molecule has 0 bridgehead atoms. The van der Waals surface area contributed by atoms with Gasteiger partial charge in [0.15, 0.2) is 6.10 Å². The fourth-order valence-corrected chi connectivity index (χ4v) is 3.32. The van der Waals surface area contributed by atoms with Crippen molar-refractivity contribution in [3.63, 3.8) is 0 Å². The summed E-state index contributed by atoms with van der Waals surface area (Å²) in [4.78, 5) is 17.2.